The fraction of sp³-hybridized carbons (Fsp3) is 0.333. The average molecular weight is 370 g/mol. The second-order valence-electron chi connectivity index (χ2n) is 5.32. The zero-order valence-corrected chi connectivity index (χ0v) is 14.7. The van der Waals surface area contributed by atoms with Crippen molar-refractivity contribution in [2.24, 2.45) is 0 Å². The summed E-state index contributed by atoms with van der Waals surface area (Å²) < 4.78 is 35.8. The average Bonchev–Trinajstić information content (AvgIpc) is 2.62. The number of para-hydroxylation sites is 3. The molecule has 0 spiro atoms. The second kappa shape index (κ2) is 9.34. The maximum Gasteiger partial charge on any atom is 0.197 e. The van der Waals surface area contributed by atoms with E-state index in [4.69, 9.17) is 18.9 Å². The fourth-order valence-electron chi connectivity index (χ4n) is 2.44. The molecule has 5 nitrogen and oxygen atoms in total. The molecule has 2 aromatic carbocycles. The van der Waals surface area contributed by atoms with Crippen LogP contribution in [0.1, 0.15) is 0 Å². The summed E-state index contributed by atoms with van der Waals surface area (Å²) in [5.41, 5.74) is 0. The summed E-state index contributed by atoms with van der Waals surface area (Å²) >= 11 is 0. The number of fused-ring (bicyclic) bond motifs is 1. The van der Waals surface area contributed by atoms with Crippen LogP contribution in [0.2, 0.25) is 0 Å². The van der Waals surface area contributed by atoms with Crippen molar-refractivity contribution < 1.29 is 23.3 Å². The minimum atomic E-state index is -0.435. The molecule has 3 rings (SSSR count). The quantitative estimate of drug-likeness (QED) is 0.760. The third-order valence-electron chi connectivity index (χ3n) is 3.62. The molecule has 7 heteroatoms. The summed E-state index contributed by atoms with van der Waals surface area (Å²) in [5, 5.41) is 3.22. The normalized spacial score (nSPS) is 15.2. The molecular formula is C18H21ClFNO4. The molecule has 1 atom stereocenters. The van der Waals surface area contributed by atoms with Gasteiger partial charge in [0.25, 0.3) is 0 Å². The number of halogens is 2. The van der Waals surface area contributed by atoms with Gasteiger partial charge in [0.1, 0.15) is 19.3 Å². The highest BCUT2D eigenvalue weighted by Gasteiger charge is 2.20. The molecule has 0 amide bonds. The second-order valence-corrected chi connectivity index (χ2v) is 5.32. The molecule has 0 fully saturated rings. The molecule has 2 aromatic rings. The highest BCUT2D eigenvalue weighted by atomic mass is 35.5. The van der Waals surface area contributed by atoms with Gasteiger partial charge in [0.2, 0.25) is 0 Å². The van der Waals surface area contributed by atoms with E-state index in [1.54, 1.807) is 12.1 Å². The monoisotopic (exact) mass is 369 g/mol. The number of rotatable bonds is 7. The van der Waals surface area contributed by atoms with Gasteiger partial charge in [-0.25, -0.2) is 4.39 Å². The highest BCUT2D eigenvalue weighted by molar-refractivity contribution is 5.85. The Labute approximate surface area is 152 Å². The third kappa shape index (κ3) is 4.90. The van der Waals surface area contributed by atoms with Gasteiger partial charge in [-0.3, -0.25) is 0 Å². The third-order valence-corrected chi connectivity index (χ3v) is 3.62. The van der Waals surface area contributed by atoms with Crippen molar-refractivity contribution in [1.29, 1.82) is 0 Å². The first kappa shape index (κ1) is 19.1. The number of benzene rings is 2. The van der Waals surface area contributed by atoms with Gasteiger partial charge in [-0.2, -0.15) is 0 Å². The number of hydrogen-bond acceptors (Lipinski definition) is 5. The molecule has 0 aliphatic carbocycles. The lowest BCUT2D eigenvalue weighted by atomic mass is 10.2. The Morgan fingerprint density at radius 1 is 1.16 bits per heavy atom. The van der Waals surface area contributed by atoms with E-state index in [2.05, 4.69) is 5.32 Å². The summed E-state index contributed by atoms with van der Waals surface area (Å²) in [7, 11) is 1.48. The van der Waals surface area contributed by atoms with E-state index in [1.165, 1.54) is 13.2 Å². The molecule has 0 saturated carbocycles. The number of nitrogens with one attached hydrogen (secondary N) is 1. The highest BCUT2D eigenvalue weighted by Crippen LogP contribution is 2.31. The fourth-order valence-corrected chi connectivity index (χ4v) is 2.44. The van der Waals surface area contributed by atoms with E-state index >= 15 is 0 Å². The Hall–Kier alpha value is -2.18. The maximum absolute atomic E-state index is 13.7. The van der Waals surface area contributed by atoms with E-state index in [-0.39, 0.29) is 24.3 Å². The first-order valence-electron chi connectivity index (χ1n) is 7.82. The predicted molar refractivity (Wildman–Crippen MR) is 94.9 cm³/mol. The van der Waals surface area contributed by atoms with Gasteiger partial charge in [0.15, 0.2) is 28.8 Å². The molecule has 0 unspecified atom stereocenters. The van der Waals surface area contributed by atoms with Gasteiger partial charge in [-0.05, 0) is 24.3 Å². The predicted octanol–water partition coefficient (Wildman–Crippen LogP) is 3.06. The molecule has 0 aromatic heterocycles. The van der Waals surface area contributed by atoms with Crippen LogP contribution in [0.25, 0.3) is 0 Å². The molecule has 136 valence electrons. The Balaban J connectivity index is 0.00000225. The largest absolute Gasteiger partial charge is 0.493 e. The van der Waals surface area contributed by atoms with E-state index in [0.29, 0.717) is 32.1 Å². The lowest BCUT2D eigenvalue weighted by molar-refractivity contribution is 0.0896. The Bertz CT molecular complexity index is 686. The first-order valence-corrected chi connectivity index (χ1v) is 7.82. The minimum Gasteiger partial charge on any atom is -0.493 e. The summed E-state index contributed by atoms with van der Waals surface area (Å²) in [5.74, 6) is 1.60. The topological polar surface area (TPSA) is 49.0 Å². The van der Waals surface area contributed by atoms with Crippen LogP contribution in [0.4, 0.5) is 4.39 Å². The molecule has 1 aliphatic heterocycles. The van der Waals surface area contributed by atoms with Crippen LogP contribution < -0.4 is 24.3 Å². The van der Waals surface area contributed by atoms with Crippen molar-refractivity contribution in [1.82, 2.24) is 5.32 Å². The van der Waals surface area contributed by atoms with Crippen LogP contribution in [0, 0.1) is 5.82 Å². The lowest BCUT2D eigenvalue weighted by Crippen LogP contribution is -2.39. The van der Waals surface area contributed by atoms with E-state index in [1.807, 2.05) is 24.3 Å². The Morgan fingerprint density at radius 2 is 1.96 bits per heavy atom. The molecule has 25 heavy (non-hydrogen) atoms. The van der Waals surface area contributed by atoms with Crippen LogP contribution in [0.15, 0.2) is 42.5 Å². The Morgan fingerprint density at radius 3 is 2.76 bits per heavy atom. The van der Waals surface area contributed by atoms with E-state index in [9.17, 15) is 4.39 Å². The van der Waals surface area contributed by atoms with Crippen molar-refractivity contribution in [2.75, 3.05) is 33.4 Å². The minimum absolute atomic E-state index is 0. The molecule has 0 bridgehead atoms. The zero-order chi connectivity index (χ0) is 16.8. The van der Waals surface area contributed by atoms with Crippen LogP contribution in [0.3, 0.4) is 0 Å². The summed E-state index contributed by atoms with van der Waals surface area (Å²) in [6, 6.07) is 12.2. The van der Waals surface area contributed by atoms with Crippen LogP contribution in [-0.4, -0.2) is 39.5 Å². The van der Waals surface area contributed by atoms with Crippen molar-refractivity contribution in [3.05, 3.63) is 48.3 Å². The zero-order valence-electron chi connectivity index (χ0n) is 13.9. The van der Waals surface area contributed by atoms with Crippen molar-refractivity contribution >= 4 is 12.4 Å². The van der Waals surface area contributed by atoms with E-state index in [0.717, 1.165) is 11.5 Å². The van der Waals surface area contributed by atoms with E-state index < -0.39 is 5.82 Å². The smallest absolute Gasteiger partial charge is 0.197 e. The van der Waals surface area contributed by atoms with Gasteiger partial charge in [0, 0.05) is 13.1 Å². The Kier molecular flexibility index (Phi) is 7.16. The van der Waals surface area contributed by atoms with Gasteiger partial charge < -0.3 is 24.3 Å². The molecule has 1 aliphatic rings. The molecule has 1 heterocycles. The molecular weight excluding hydrogens is 349 g/mol. The number of ether oxygens (including phenoxy) is 4. The number of hydrogen-bond donors (Lipinski definition) is 1. The molecule has 0 saturated heterocycles. The van der Waals surface area contributed by atoms with Crippen molar-refractivity contribution in [3.63, 3.8) is 0 Å². The van der Waals surface area contributed by atoms with Gasteiger partial charge in [-0.1, -0.05) is 18.2 Å². The first-order chi connectivity index (χ1) is 11.8. The lowest BCUT2D eigenvalue weighted by Gasteiger charge is -2.26. The summed E-state index contributed by atoms with van der Waals surface area (Å²) in [6.07, 6.45) is -0.0668. The van der Waals surface area contributed by atoms with Gasteiger partial charge in [0.05, 0.1) is 7.11 Å². The standard InChI is InChI=1S/C18H20FNO4.ClH/c1-21-17-8-4-5-14(19)18(17)22-10-9-20-11-13-12-23-15-6-2-3-7-16(15)24-13;/h2-8,13,20H,9-12H2,1H3;1H/t13-;/m0./s1. The summed E-state index contributed by atoms with van der Waals surface area (Å²) in [6.45, 7) is 1.98. The molecule has 1 N–H and O–H groups in total. The van der Waals surface area contributed by atoms with Crippen LogP contribution in [-0.2, 0) is 0 Å². The van der Waals surface area contributed by atoms with Gasteiger partial charge >= 0.3 is 0 Å². The van der Waals surface area contributed by atoms with Crippen LogP contribution >= 0.6 is 12.4 Å². The van der Waals surface area contributed by atoms with Crippen molar-refractivity contribution in [2.45, 2.75) is 6.10 Å². The van der Waals surface area contributed by atoms with Gasteiger partial charge in [-0.15, -0.1) is 12.4 Å². The SMILES string of the molecule is COc1cccc(F)c1OCCNC[C@H]1COc2ccccc2O1.Cl. The van der Waals surface area contributed by atoms with Crippen LogP contribution in [0.5, 0.6) is 23.0 Å². The maximum atomic E-state index is 13.7. The molecule has 0 radical (unpaired) electrons. The summed E-state index contributed by atoms with van der Waals surface area (Å²) in [4.78, 5) is 0. The van der Waals surface area contributed by atoms with Crippen molar-refractivity contribution in [3.8, 4) is 23.0 Å². The number of methoxy groups -OCH3 is 1.